The van der Waals surface area contributed by atoms with Crippen LogP contribution in [0.1, 0.15) is 42.9 Å². The zero-order valence-corrected chi connectivity index (χ0v) is 11.7. The van der Waals surface area contributed by atoms with Crippen molar-refractivity contribution in [2.75, 3.05) is 20.1 Å². The summed E-state index contributed by atoms with van der Waals surface area (Å²) in [7, 11) is 2.24. The molecular formula is C16H24N2O. The lowest BCUT2D eigenvalue weighted by atomic mass is 10.0. The van der Waals surface area contributed by atoms with Gasteiger partial charge in [-0.05, 0) is 62.5 Å². The number of likely N-dealkylation sites (N-methyl/N-ethyl adjacent to an activating group) is 1. The average Bonchev–Trinajstić information content (AvgIpc) is 2.80. The molecule has 1 fully saturated rings. The van der Waals surface area contributed by atoms with Gasteiger partial charge in [0.1, 0.15) is 5.75 Å². The number of phenols is 1. The molecule has 1 saturated heterocycles. The highest BCUT2D eigenvalue weighted by molar-refractivity contribution is 5.40. The molecule has 1 aromatic rings. The van der Waals surface area contributed by atoms with E-state index in [0.29, 0.717) is 17.8 Å². The number of nitrogens with zero attached hydrogens (tertiary/aromatic N) is 1. The van der Waals surface area contributed by atoms with Gasteiger partial charge in [-0.1, -0.05) is 12.5 Å². The molecule has 0 spiro atoms. The van der Waals surface area contributed by atoms with Crippen molar-refractivity contribution in [3.05, 3.63) is 29.3 Å². The predicted molar refractivity (Wildman–Crippen MR) is 77.4 cm³/mol. The minimum absolute atomic E-state index is 0.395. The molecule has 0 aromatic heterocycles. The number of fused-ring (bicyclic) bond motifs is 1. The van der Waals surface area contributed by atoms with Gasteiger partial charge >= 0.3 is 0 Å². The second kappa shape index (κ2) is 5.51. The quantitative estimate of drug-likeness (QED) is 0.876. The number of hydrogen-bond donors (Lipinski definition) is 2. The van der Waals surface area contributed by atoms with E-state index in [1.165, 1.54) is 36.9 Å². The van der Waals surface area contributed by atoms with Gasteiger partial charge in [-0.2, -0.15) is 0 Å². The maximum atomic E-state index is 9.52. The lowest BCUT2D eigenvalue weighted by Gasteiger charge is -2.33. The Morgan fingerprint density at radius 3 is 3.05 bits per heavy atom. The third-order valence-electron chi connectivity index (χ3n) is 4.73. The van der Waals surface area contributed by atoms with Gasteiger partial charge in [-0.25, -0.2) is 0 Å². The maximum absolute atomic E-state index is 9.52. The van der Waals surface area contributed by atoms with Crippen molar-refractivity contribution in [3.63, 3.8) is 0 Å². The summed E-state index contributed by atoms with van der Waals surface area (Å²) in [6.45, 7) is 2.32. The number of aryl methyl sites for hydroxylation is 1. The summed E-state index contributed by atoms with van der Waals surface area (Å²) in [5.74, 6) is 0.395. The second-order valence-corrected chi connectivity index (χ2v) is 6.01. The van der Waals surface area contributed by atoms with E-state index >= 15 is 0 Å². The lowest BCUT2D eigenvalue weighted by molar-refractivity contribution is 0.177. The smallest absolute Gasteiger partial charge is 0.115 e. The molecule has 3 heteroatoms. The Hall–Kier alpha value is -1.06. The number of nitrogens with one attached hydrogen (secondary N) is 1. The van der Waals surface area contributed by atoms with Crippen molar-refractivity contribution in [1.82, 2.24) is 10.2 Å². The maximum Gasteiger partial charge on any atom is 0.115 e. The Kier molecular flexibility index (Phi) is 3.76. The van der Waals surface area contributed by atoms with Crippen LogP contribution in [0.2, 0.25) is 0 Å². The number of hydrogen-bond acceptors (Lipinski definition) is 3. The van der Waals surface area contributed by atoms with Crippen LogP contribution >= 0.6 is 0 Å². The van der Waals surface area contributed by atoms with E-state index in [0.717, 1.165) is 19.4 Å². The summed E-state index contributed by atoms with van der Waals surface area (Å²) in [6.07, 6.45) is 6.28. The van der Waals surface area contributed by atoms with Crippen molar-refractivity contribution in [1.29, 1.82) is 0 Å². The Balaban J connectivity index is 1.60. The summed E-state index contributed by atoms with van der Waals surface area (Å²) >= 11 is 0. The predicted octanol–water partition coefficient (Wildman–Crippen LogP) is 2.45. The van der Waals surface area contributed by atoms with Gasteiger partial charge in [-0.15, -0.1) is 0 Å². The van der Waals surface area contributed by atoms with Gasteiger partial charge in [0.2, 0.25) is 0 Å². The summed E-state index contributed by atoms with van der Waals surface area (Å²) in [5.41, 5.74) is 2.70. The molecule has 1 heterocycles. The number of rotatable bonds is 3. The van der Waals surface area contributed by atoms with Crippen LogP contribution in [0.3, 0.4) is 0 Å². The third-order valence-corrected chi connectivity index (χ3v) is 4.73. The zero-order chi connectivity index (χ0) is 13.2. The molecule has 0 radical (unpaired) electrons. The van der Waals surface area contributed by atoms with Crippen LogP contribution < -0.4 is 5.32 Å². The monoisotopic (exact) mass is 260 g/mol. The molecule has 19 heavy (non-hydrogen) atoms. The van der Waals surface area contributed by atoms with Crippen LogP contribution in [0.5, 0.6) is 5.75 Å². The first-order valence-corrected chi connectivity index (χ1v) is 7.49. The largest absolute Gasteiger partial charge is 0.508 e. The molecule has 0 amide bonds. The molecule has 2 N–H and O–H groups in total. The molecule has 1 aliphatic heterocycles. The first-order chi connectivity index (χ1) is 9.24. The van der Waals surface area contributed by atoms with Crippen molar-refractivity contribution in [2.24, 2.45) is 0 Å². The lowest BCUT2D eigenvalue weighted by Crippen LogP contribution is -2.43. The number of benzene rings is 1. The fourth-order valence-electron chi connectivity index (χ4n) is 3.50. The van der Waals surface area contributed by atoms with Crippen LogP contribution in [0, 0.1) is 0 Å². The Morgan fingerprint density at radius 2 is 2.21 bits per heavy atom. The highest BCUT2D eigenvalue weighted by atomic mass is 16.3. The van der Waals surface area contributed by atoms with E-state index in [1.54, 1.807) is 0 Å². The summed E-state index contributed by atoms with van der Waals surface area (Å²) in [5, 5.41) is 13.3. The van der Waals surface area contributed by atoms with E-state index in [4.69, 9.17) is 0 Å². The molecule has 0 saturated carbocycles. The van der Waals surface area contributed by atoms with Crippen LogP contribution in [0.15, 0.2) is 18.2 Å². The van der Waals surface area contributed by atoms with E-state index in [1.807, 2.05) is 12.1 Å². The van der Waals surface area contributed by atoms with Gasteiger partial charge < -0.3 is 15.3 Å². The van der Waals surface area contributed by atoms with E-state index in [2.05, 4.69) is 23.3 Å². The standard InChI is InChI=1S/C16H24N2O/c1-18-9-3-2-4-13(18)11-17-16-8-5-12-10-14(19)6-7-15(12)16/h6-7,10,13,16-17,19H,2-5,8-9,11H2,1H3. The minimum atomic E-state index is 0.395. The minimum Gasteiger partial charge on any atom is -0.508 e. The van der Waals surface area contributed by atoms with Crippen molar-refractivity contribution >= 4 is 0 Å². The first-order valence-electron chi connectivity index (χ1n) is 7.49. The topological polar surface area (TPSA) is 35.5 Å². The van der Waals surface area contributed by atoms with Crippen LogP contribution in [0.4, 0.5) is 0 Å². The van der Waals surface area contributed by atoms with Crippen LogP contribution in [-0.4, -0.2) is 36.2 Å². The van der Waals surface area contributed by atoms with E-state index < -0.39 is 0 Å². The van der Waals surface area contributed by atoms with Crippen LogP contribution in [-0.2, 0) is 6.42 Å². The first kappa shape index (κ1) is 12.9. The summed E-state index contributed by atoms with van der Waals surface area (Å²) in [4.78, 5) is 2.49. The zero-order valence-electron chi connectivity index (χ0n) is 11.7. The van der Waals surface area contributed by atoms with Gasteiger partial charge in [-0.3, -0.25) is 0 Å². The average molecular weight is 260 g/mol. The van der Waals surface area contributed by atoms with E-state index in [-0.39, 0.29) is 0 Å². The van der Waals surface area contributed by atoms with Crippen molar-refractivity contribution < 1.29 is 5.11 Å². The van der Waals surface area contributed by atoms with Crippen LogP contribution in [0.25, 0.3) is 0 Å². The number of aromatic hydroxyl groups is 1. The van der Waals surface area contributed by atoms with Gasteiger partial charge in [0.05, 0.1) is 0 Å². The molecule has 3 nitrogen and oxygen atoms in total. The van der Waals surface area contributed by atoms with E-state index in [9.17, 15) is 5.11 Å². The van der Waals surface area contributed by atoms with Gasteiger partial charge in [0, 0.05) is 18.6 Å². The third kappa shape index (κ3) is 2.77. The summed E-state index contributed by atoms with van der Waals surface area (Å²) in [6, 6.07) is 6.98. The summed E-state index contributed by atoms with van der Waals surface area (Å²) < 4.78 is 0. The molecule has 104 valence electrons. The number of piperidine rings is 1. The second-order valence-electron chi connectivity index (χ2n) is 6.01. The molecule has 2 aliphatic rings. The molecule has 1 aliphatic carbocycles. The van der Waals surface area contributed by atoms with Gasteiger partial charge in [0.25, 0.3) is 0 Å². The van der Waals surface area contributed by atoms with Crippen molar-refractivity contribution in [2.45, 2.75) is 44.2 Å². The Bertz CT molecular complexity index is 446. The Morgan fingerprint density at radius 1 is 1.32 bits per heavy atom. The highest BCUT2D eigenvalue weighted by Gasteiger charge is 2.25. The molecular weight excluding hydrogens is 236 g/mol. The molecule has 0 bridgehead atoms. The molecule has 1 aromatic carbocycles. The molecule has 2 unspecified atom stereocenters. The van der Waals surface area contributed by atoms with Gasteiger partial charge in [0.15, 0.2) is 0 Å². The normalized spacial score (nSPS) is 27.4. The highest BCUT2D eigenvalue weighted by Crippen LogP contribution is 2.33. The number of likely N-dealkylation sites (tertiary alicyclic amines) is 1. The SMILES string of the molecule is CN1CCCCC1CNC1CCc2cc(O)ccc21. The number of phenolic OH excluding ortho intramolecular Hbond substituents is 1. The fourth-order valence-corrected chi connectivity index (χ4v) is 3.50. The molecule has 2 atom stereocenters. The molecule has 3 rings (SSSR count). The Labute approximate surface area is 115 Å². The fraction of sp³-hybridized carbons (Fsp3) is 0.625. The van der Waals surface area contributed by atoms with Crippen molar-refractivity contribution in [3.8, 4) is 5.75 Å².